The first-order chi connectivity index (χ1) is 13.8. The highest BCUT2D eigenvalue weighted by Crippen LogP contribution is 2.36. The van der Waals surface area contributed by atoms with E-state index >= 15 is 0 Å². The van der Waals surface area contributed by atoms with Gasteiger partial charge in [0.2, 0.25) is 0 Å². The van der Waals surface area contributed by atoms with E-state index in [9.17, 15) is 18.0 Å². The zero-order valence-electron chi connectivity index (χ0n) is 15.1. The van der Waals surface area contributed by atoms with Crippen LogP contribution in [0.25, 0.3) is 16.9 Å². The lowest BCUT2D eigenvalue weighted by atomic mass is 10.0. The number of nitrogens with one attached hydrogen (secondary N) is 1. The van der Waals surface area contributed by atoms with Gasteiger partial charge in [0.1, 0.15) is 0 Å². The molecule has 3 heterocycles. The number of fused-ring (bicyclic) bond motifs is 1. The highest BCUT2D eigenvalue weighted by molar-refractivity contribution is 6.03. The summed E-state index contributed by atoms with van der Waals surface area (Å²) in [6.45, 7) is 1.80. The normalized spacial score (nSPS) is 11.6. The van der Waals surface area contributed by atoms with Crippen molar-refractivity contribution in [1.82, 2.24) is 19.6 Å². The Labute approximate surface area is 163 Å². The lowest BCUT2D eigenvalue weighted by Gasteiger charge is -2.12. The van der Waals surface area contributed by atoms with Crippen LogP contribution >= 0.6 is 0 Å². The van der Waals surface area contributed by atoms with Gasteiger partial charge in [-0.25, -0.2) is 4.98 Å². The molecular weight excluding hydrogens is 383 g/mol. The van der Waals surface area contributed by atoms with E-state index in [0.29, 0.717) is 11.2 Å². The van der Waals surface area contributed by atoms with Crippen LogP contribution in [0.4, 0.5) is 19.0 Å². The van der Waals surface area contributed by atoms with Crippen molar-refractivity contribution in [2.24, 2.45) is 0 Å². The Kier molecular flexibility index (Phi) is 4.50. The summed E-state index contributed by atoms with van der Waals surface area (Å²) < 4.78 is 41.3. The van der Waals surface area contributed by atoms with Crippen molar-refractivity contribution < 1.29 is 18.0 Å². The van der Waals surface area contributed by atoms with Crippen LogP contribution in [0, 0.1) is 6.92 Å². The number of hydrogen-bond acceptors (Lipinski definition) is 4. The van der Waals surface area contributed by atoms with Gasteiger partial charge in [0.15, 0.2) is 11.5 Å². The average molecular weight is 397 g/mol. The smallest absolute Gasteiger partial charge is 0.305 e. The SMILES string of the molecule is Cc1ccc(C(=O)Nc2cnc3ccc(-c4ccccc4C(F)(F)F)nn23)cn1. The van der Waals surface area contributed by atoms with Crippen molar-refractivity contribution in [2.45, 2.75) is 13.1 Å². The monoisotopic (exact) mass is 397 g/mol. The first-order valence-electron chi connectivity index (χ1n) is 8.58. The van der Waals surface area contributed by atoms with Crippen LogP contribution in [-0.2, 0) is 6.18 Å². The molecule has 1 aromatic carbocycles. The molecule has 146 valence electrons. The third kappa shape index (κ3) is 3.66. The molecule has 6 nitrogen and oxygen atoms in total. The van der Waals surface area contributed by atoms with Crippen LogP contribution in [0.15, 0.2) is 60.9 Å². The zero-order valence-corrected chi connectivity index (χ0v) is 15.1. The van der Waals surface area contributed by atoms with Crippen molar-refractivity contribution >= 4 is 17.4 Å². The van der Waals surface area contributed by atoms with Crippen LogP contribution < -0.4 is 5.32 Å². The van der Waals surface area contributed by atoms with Gasteiger partial charge in [0.05, 0.1) is 23.0 Å². The number of halogens is 3. The molecule has 0 atom stereocenters. The van der Waals surface area contributed by atoms with E-state index in [4.69, 9.17) is 0 Å². The molecule has 1 amide bonds. The Balaban J connectivity index is 1.73. The minimum Gasteiger partial charge on any atom is -0.305 e. The van der Waals surface area contributed by atoms with E-state index in [-0.39, 0.29) is 17.1 Å². The highest BCUT2D eigenvalue weighted by Gasteiger charge is 2.33. The molecule has 0 aliphatic heterocycles. The Morgan fingerprint density at radius 1 is 1.00 bits per heavy atom. The average Bonchev–Trinajstić information content (AvgIpc) is 3.10. The van der Waals surface area contributed by atoms with Gasteiger partial charge in [-0.15, -0.1) is 0 Å². The number of benzene rings is 1. The van der Waals surface area contributed by atoms with E-state index in [1.165, 1.54) is 41.2 Å². The van der Waals surface area contributed by atoms with Crippen LogP contribution in [-0.4, -0.2) is 25.5 Å². The summed E-state index contributed by atoms with van der Waals surface area (Å²) in [6.07, 6.45) is -1.69. The Morgan fingerprint density at radius 3 is 2.52 bits per heavy atom. The number of aryl methyl sites for hydroxylation is 1. The number of hydrogen-bond donors (Lipinski definition) is 1. The maximum absolute atomic E-state index is 13.3. The molecule has 3 aromatic heterocycles. The van der Waals surface area contributed by atoms with Gasteiger partial charge < -0.3 is 5.32 Å². The van der Waals surface area contributed by atoms with E-state index in [2.05, 4.69) is 20.4 Å². The lowest BCUT2D eigenvalue weighted by molar-refractivity contribution is -0.137. The molecular formula is C20H14F3N5O. The minimum absolute atomic E-state index is 0.0596. The fraction of sp³-hybridized carbons (Fsp3) is 0.100. The molecule has 4 rings (SSSR count). The molecule has 0 fully saturated rings. The van der Waals surface area contributed by atoms with Crippen molar-refractivity contribution in [2.75, 3.05) is 5.32 Å². The molecule has 0 bridgehead atoms. The van der Waals surface area contributed by atoms with Crippen molar-refractivity contribution in [3.05, 3.63) is 77.7 Å². The molecule has 0 unspecified atom stereocenters. The molecule has 9 heteroatoms. The first-order valence-corrected chi connectivity index (χ1v) is 8.58. The minimum atomic E-state index is -4.52. The summed E-state index contributed by atoms with van der Waals surface area (Å²) in [5.74, 6) is -0.195. The maximum Gasteiger partial charge on any atom is 0.417 e. The summed E-state index contributed by atoms with van der Waals surface area (Å²) in [7, 11) is 0. The van der Waals surface area contributed by atoms with E-state index < -0.39 is 17.6 Å². The summed E-state index contributed by atoms with van der Waals surface area (Å²) in [5.41, 5.74) is 0.750. The molecule has 0 saturated heterocycles. The summed E-state index contributed by atoms with van der Waals surface area (Å²) >= 11 is 0. The predicted octanol–water partition coefficient (Wildman–Crippen LogP) is 4.37. The number of aromatic nitrogens is 4. The van der Waals surface area contributed by atoms with Crippen LogP contribution in [0.3, 0.4) is 0 Å². The second kappa shape index (κ2) is 7.01. The second-order valence-corrected chi connectivity index (χ2v) is 6.32. The number of anilines is 1. The fourth-order valence-electron chi connectivity index (χ4n) is 2.85. The summed E-state index contributed by atoms with van der Waals surface area (Å²) in [6, 6.07) is 11.5. The van der Waals surface area contributed by atoms with E-state index in [0.717, 1.165) is 11.8 Å². The van der Waals surface area contributed by atoms with Crippen LogP contribution in [0.5, 0.6) is 0 Å². The third-order valence-corrected chi connectivity index (χ3v) is 4.29. The summed E-state index contributed by atoms with van der Waals surface area (Å²) in [5, 5.41) is 6.93. The van der Waals surface area contributed by atoms with Gasteiger partial charge in [-0.05, 0) is 37.3 Å². The third-order valence-electron chi connectivity index (χ3n) is 4.29. The van der Waals surface area contributed by atoms with Gasteiger partial charge in [-0.3, -0.25) is 9.78 Å². The largest absolute Gasteiger partial charge is 0.417 e. The van der Waals surface area contributed by atoms with E-state index in [1.54, 1.807) is 25.1 Å². The molecule has 0 radical (unpaired) electrons. The number of imidazole rings is 1. The highest BCUT2D eigenvalue weighted by atomic mass is 19.4. The van der Waals surface area contributed by atoms with Crippen LogP contribution in [0.1, 0.15) is 21.6 Å². The van der Waals surface area contributed by atoms with Crippen LogP contribution in [0.2, 0.25) is 0 Å². The van der Waals surface area contributed by atoms with Gasteiger partial charge in [-0.1, -0.05) is 18.2 Å². The Hall–Kier alpha value is -3.75. The van der Waals surface area contributed by atoms with E-state index in [1.807, 2.05) is 0 Å². The first kappa shape index (κ1) is 18.6. The maximum atomic E-state index is 13.3. The van der Waals surface area contributed by atoms with Gasteiger partial charge >= 0.3 is 6.18 Å². The van der Waals surface area contributed by atoms with Crippen molar-refractivity contribution in [1.29, 1.82) is 0 Å². The molecule has 4 aromatic rings. The number of rotatable bonds is 3. The topological polar surface area (TPSA) is 72.2 Å². The number of carbonyl (C=O) groups excluding carboxylic acids is 1. The lowest BCUT2D eigenvalue weighted by Crippen LogP contribution is -2.14. The molecule has 1 N–H and O–H groups in total. The number of carbonyl (C=O) groups is 1. The second-order valence-electron chi connectivity index (χ2n) is 6.32. The molecule has 0 aliphatic carbocycles. The van der Waals surface area contributed by atoms with Gasteiger partial charge in [0, 0.05) is 17.5 Å². The predicted molar refractivity (Wildman–Crippen MR) is 100 cm³/mol. The van der Waals surface area contributed by atoms with Crippen molar-refractivity contribution in [3.8, 4) is 11.3 Å². The molecule has 0 aliphatic rings. The van der Waals surface area contributed by atoms with Gasteiger partial charge in [0.25, 0.3) is 5.91 Å². The molecule has 0 spiro atoms. The standard InChI is InChI=1S/C20H14F3N5O/c1-12-6-7-13(10-24-12)19(29)26-18-11-25-17-9-8-16(27-28(17)18)14-4-2-3-5-15(14)20(21,22)23/h2-11H,1H3,(H,26,29). The number of alkyl halides is 3. The Bertz CT molecular complexity index is 1200. The fourth-order valence-corrected chi connectivity index (χ4v) is 2.85. The molecule has 29 heavy (non-hydrogen) atoms. The quantitative estimate of drug-likeness (QED) is 0.557. The Morgan fingerprint density at radius 2 is 1.79 bits per heavy atom. The number of pyridine rings is 1. The zero-order chi connectivity index (χ0) is 20.6. The van der Waals surface area contributed by atoms with Gasteiger partial charge in [-0.2, -0.15) is 22.8 Å². The summed E-state index contributed by atoms with van der Waals surface area (Å²) in [4.78, 5) is 20.6. The number of amides is 1. The number of nitrogens with zero attached hydrogens (tertiary/aromatic N) is 4. The molecule has 0 saturated carbocycles. The van der Waals surface area contributed by atoms with Crippen molar-refractivity contribution in [3.63, 3.8) is 0 Å².